The van der Waals surface area contributed by atoms with Crippen molar-refractivity contribution in [3.05, 3.63) is 69.8 Å². The van der Waals surface area contributed by atoms with Crippen LogP contribution in [0.15, 0.2) is 47.6 Å². The number of rotatable bonds is 10. The van der Waals surface area contributed by atoms with Crippen LogP contribution in [0.1, 0.15) is 36.1 Å². The summed E-state index contributed by atoms with van der Waals surface area (Å²) in [7, 11) is 2.91. The summed E-state index contributed by atoms with van der Waals surface area (Å²) < 4.78 is 19.0. The van der Waals surface area contributed by atoms with E-state index in [-0.39, 0.29) is 5.75 Å². The number of hydrogen-bond donors (Lipinski definition) is 2. The van der Waals surface area contributed by atoms with Gasteiger partial charge in [-0.2, -0.15) is 0 Å². The number of hydrogen-bond acceptors (Lipinski definition) is 6. The largest absolute Gasteiger partial charge is 0.496 e. The first kappa shape index (κ1) is 27.3. The number of esters is 1. The van der Waals surface area contributed by atoms with Crippen LogP contribution in [0.5, 0.6) is 5.75 Å². The highest BCUT2D eigenvalue weighted by Crippen LogP contribution is 2.28. The molecule has 0 aromatic heterocycles. The molecule has 32 heavy (non-hydrogen) atoms. The maximum absolute atomic E-state index is 12.1. The fourth-order valence-corrected chi connectivity index (χ4v) is 3.38. The molecule has 0 saturated heterocycles. The van der Waals surface area contributed by atoms with Crippen LogP contribution in [0, 0.1) is 20.8 Å². The summed E-state index contributed by atoms with van der Waals surface area (Å²) in [6.07, 6.45) is 11.1. The van der Waals surface area contributed by atoms with Crippen molar-refractivity contribution in [3.8, 4) is 5.75 Å². The molecule has 0 aliphatic carbocycles. The first-order chi connectivity index (χ1) is 15.1. The van der Waals surface area contributed by atoms with Crippen LogP contribution in [0.2, 0.25) is 0 Å². The van der Waals surface area contributed by atoms with Crippen LogP contribution in [0.4, 0.5) is 0 Å². The molecule has 174 valence electrons. The summed E-state index contributed by atoms with van der Waals surface area (Å²) in [5, 5.41) is 2.52. The van der Waals surface area contributed by atoms with Gasteiger partial charge in [0.1, 0.15) is 11.8 Å². The Morgan fingerprint density at radius 3 is 2.41 bits per heavy atom. The Morgan fingerprint density at radius 2 is 1.81 bits per heavy atom. The normalized spacial score (nSPS) is 13.5. The molecule has 7 heteroatoms. The standard InChI is InChI=1S/C25H33NO5S/c1-16(11-12-21-18(3)14-23(30-6)20(5)19(21)4)9-8-10-17(2)13-24(27)26-22(15-32-29)25(28)31-7/h8-14,22,29H,15H2,1-7H3,(H,26,27)/b10-8+,12-11+,16-9+,17-13+. The van der Waals surface area contributed by atoms with E-state index >= 15 is 0 Å². The predicted molar refractivity (Wildman–Crippen MR) is 132 cm³/mol. The van der Waals surface area contributed by atoms with E-state index in [1.165, 1.54) is 24.3 Å². The van der Waals surface area contributed by atoms with Crippen LogP contribution < -0.4 is 10.1 Å². The summed E-state index contributed by atoms with van der Waals surface area (Å²) in [5.74, 6) is -0.128. The molecule has 1 unspecified atom stereocenters. The van der Waals surface area contributed by atoms with Gasteiger partial charge in [-0.25, -0.2) is 4.79 Å². The molecule has 2 N–H and O–H groups in total. The second-order valence-electron chi connectivity index (χ2n) is 7.43. The number of nitrogens with one attached hydrogen (secondary N) is 1. The van der Waals surface area contributed by atoms with Crippen molar-refractivity contribution in [2.45, 2.75) is 40.7 Å². The minimum atomic E-state index is -0.906. The number of methoxy groups -OCH3 is 2. The molecule has 1 aromatic carbocycles. The first-order valence-electron chi connectivity index (χ1n) is 10.1. The SMILES string of the molecule is COC(=O)C(CSO)NC(=O)/C=C(C)/C=C/C=C(C)/C=C/c1c(C)cc(OC)c(C)c1C. The molecule has 0 aliphatic heterocycles. The zero-order valence-corrected chi connectivity index (χ0v) is 20.6. The molecule has 6 nitrogen and oxygen atoms in total. The molecule has 1 atom stereocenters. The number of carbonyl (C=O) groups excluding carboxylic acids is 2. The minimum absolute atomic E-state index is 0.0159. The fourth-order valence-electron chi connectivity index (χ4n) is 3.01. The van der Waals surface area contributed by atoms with E-state index in [2.05, 4.69) is 36.9 Å². The van der Waals surface area contributed by atoms with Gasteiger partial charge in [0.05, 0.1) is 20.0 Å². The fraction of sp³-hybridized carbons (Fsp3) is 0.360. The summed E-state index contributed by atoms with van der Waals surface area (Å²) in [4.78, 5) is 23.7. The Labute approximate surface area is 195 Å². The molecule has 1 rings (SSSR count). The average Bonchev–Trinajstić information content (AvgIpc) is 2.75. The zero-order chi connectivity index (χ0) is 24.3. The molecular weight excluding hydrogens is 426 g/mol. The maximum atomic E-state index is 12.1. The zero-order valence-electron chi connectivity index (χ0n) is 19.8. The lowest BCUT2D eigenvalue weighted by Gasteiger charge is -2.13. The van der Waals surface area contributed by atoms with E-state index in [4.69, 9.17) is 9.29 Å². The highest BCUT2D eigenvalue weighted by molar-refractivity contribution is 7.93. The van der Waals surface area contributed by atoms with Gasteiger partial charge < -0.3 is 19.3 Å². The summed E-state index contributed by atoms with van der Waals surface area (Å²) >= 11 is 0.468. The molecule has 0 aliphatic rings. The van der Waals surface area contributed by atoms with E-state index < -0.39 is 17.9 Å². The lowest BCUT2D eigenvalue weighted by molar-refractivity contribution is -0.143. The lowest BCUT2D eigenvalue weighted by atomic mass is 9.96. The highest BCUT2D eigenvalue weighted by Gasteiger charge is 2.20. The number of carbonyl (C=O) groups is 2. The number of allylic oxidation sites excluding steroid dienone is 6. The summed E-state index contributed by atoms with van der Waals surface area (Å²) in [5.41, 5.74) is 6.42. The molecule has 0 fully saturated rings. The van der Waals surface area contributed by atoms with Gasteiger partial charge >= 0.3 is 5.97 Å². The molecule has 0 saturated carbocycles. The first-order valence-corrected chi connectivity index (χ1v) is 11.1. The molecule has 0 heterocycles. The van der Waals surface area contributed by atoms with E-state index in [0.29, 0.717) is 17.6 Å². The maximum Gasteiger partial charge on any atom is 0.329 e. The van der Waals surface area contributed by atoms with Crippen molar-refractivity contribution in [1.29, 1.82) is 0 Å². The van der Waals surface area contributed by atoms with Crippen molar-refractivity contribution < 1.29 is 23.6 Å². The Kier molecular flexibility index (Phi) is 11.6. The van der Waals surface area contributed by atoms with E-state index in [0.717, 1.165) is 22.4 Å². The quantitative estimate of drug-likeness (QED) is 0.223. The van der Waals surface area contributed by atoms with Crippen molar-refractivity contribution in [2.24, 2.45) is 0 Å². The van der Waals surface area contributed by atoms with Gasteiger partial charge in [0.25, 0.3) is 0 Å². The third kappa shape index (κ3) is 8.40. The van der Waals surface area contributed by atoms with Crippen LogP contribution in [0.3, 0.4) is 0 Å². The molecule has 1 amide bonds. The summed E-state index contributed by atoms with van der Waals surface area (Å²) in [6.45, 7) is 10.00. The number of ether oxygens (including phenoxy) is 2. The van der Waals surface area contributed by atoms with E-state index in [9.17, 15) is 9.59 Å². The minimum Gasteiger partial charge on any atom is -0.496 e. The van der Waals surface area contributed by atoms with Crippen molar-refractivity contribution >= 4 is 30.0 Å². The van der Waals surface area contributed by atoms with Crippen LogP contribution in [-0.4, -0.2) is 42.4 Å². The van der Waals surface area contributed by atoms with E-state index in [1.807, 2.05) is 31.2 Å². The molecular formula is C25H33NO5S. The van der Waals surface area contributed by atoms with Crippen LogP contribution in [-0.2, 0) is 14.3 Å². The molecule has 0 spiro atoms. The molecule has 1 aromatic rings. The van der Waals surface area contributed by atoms with Gasteiger partial charge in [-0.05, 0) is 80.6 Å². The second kappa shape index (κ2) is 13.6. The third-order valence-corrected chi connectivity index (χ3v) is 5.44. The van der Waals surface area contributed by atoms with Crippen LogP contribution >= 0.6 is 12.0 Å². The number of amides is 1. The Bertz CT molecular complexity index is 944. The van der Waals surface area contributed by atoms with Crippen molar-refractivity contribution in [1.82, 2.24) is 5.32 Å². The Hall–Kier alpha value is -2.77. The van der Waals surface area contributed by atoms with Crippen molar-refractivity contribution in [2.75, 3.05) is 20.0 Å². The second-order valence-corrected chi connectivity index (χ2v) is 8.02. The smallest absolute Gasteiger partial charge is 0.329 e. The Morgan fingerprint density at radius 1 is 1.12 bits per heavy atom. The molecule has 0 bridgehead atoms. The van der Waals surface area contributed by atoms with Crippen LogP contribution in [0.25, 0.3) is 6.08 Å². The predicted octanol–water partition coefficient (Wildman–Crippen LogP) is 4.95. The van der Waals surface area contributed by atoms with Gasteiger partial charge in [-0.3, -0.25) is 4.79 Å². The van der Waals surface area contributed by atoms with Gasteiger partial charge in [0, 0.05) is 6.08 Å². The van der Waals surface area contributed by atoms with Crippen molar-refractivity contribution in [3.63, 3.8) is 0 Å². The third-order valence-electron chi connectivity index (χ3n) is 4.96. The molecule has 0 radical (unpaired) electrons. The van der Waals surface area contributed by atoms with Gasteiger partial charge in [-0.15, -0.1) is 0 Å². The highest BCUT2D eigenvalue weighted by atomic mass is 32.2. The topological polar surface area (TPSA) is 84.9 Å². The van der Waals surface area contributed by atoms with Gasteiger partial charge in [-0.1, -0.05) is 36.0 Å². The van der Waals surface area contributed by atoms with E-state index in [1.54, 1.807) is 20.1 Å². The Balaban J connectivity index is 2.83. The number of aryl methyl sites for hydroxylation is 1. The monoisotopic (exact) mass is 459 g/mol. The average molecular weight is 460 g/mol. The summed E-state index contributed by atoms with van der Waals surface area (Å²) in [6, 6.07) is 1.14. The van der Waals surface area contributed by atoms with Gasteiger partial charge in [0.15, 0.2) is 0 Å². The van der Waals surface area contributed by atoms with Gasteiger partial charge in [0.2, 0.25) is 5.91 Å². The lowest BCUT2D eigenvalue weighted by Crippen LogP contribution is -2.42. The number of benzene rings is 1.